The summed E-state index contributed by atoms with van der Waals surface area (Å²) in [5.41, 5.74) is -0.510. The lowest BCUT2D eigenvalue weighted by atomic mass is 10.0. The summed E-state index contributed by atoms with van der Waals surface area (Å²) in [7, 11) is 0. The van der Waals surface area contributed by atoms with E-state index in [1.165, 1.54) is 0 Å². The lowest BCUT2D eigenvalue weighted by molar-refractivity contribution is 0.0476. The fraction of sp³-hybridized carbons (Fsp3) is 0.556. The Balaban J connectivity index is 1.80. The van der Waals surface area contributed by atoms with Crippen LogP contribution < -0.4 is 5.32 Å². The van der Waals surface area contributed by atoms with Crippen LogP contribution in [-0.4, -0.2) is 48.1 Å². The molecule has 0 spiro atoms. The van der Waals surface area contributed by atoms with Gasteiger partial charge in [0.2, 0.25) is 0 Å². The van der Waals surface area contributed by atoms with E-state index in [2.05, 4.69) is 5.32 Å². The molecule has 1 N–H and O–H groups in total. The molecule has 1 fully saturated rings. The molecule has 0 saturated carbocycles. The highest BCUT2D eigenvalue weighted by Gasteiger charge is 2.24. The maximum absolute atomic E-state index is 13.2. The number of nitrogens with one attached hydrogen (secondary N) is 1. The molecule has 7 heteroatoms. The van der Waals surface area contributed by atoms with Crippen molar-refractivity contribution in [1.82, 2.24) is 10.2 Å². The normalized spacial score (nSPS) is 16.5. The van der Waals surface area contributed by atoms with E-state index in [4.69, 9.17) is 4.74 Å². The molecule has 1 aromatic carbocycles. The van der Waals surface area contributed by atoms with Crippen molar-refractivity contribution in [3.63, 3.8) is 0 Å². The molecule has 1 heterocycles. The lowest BCUT2D eigenvalue weighted by Gasteiger charge is -2.32. The van der Waals surface area contributed by atoms with Gasteiger partial charge in [-0.2, -0.15) is 0 Å². The van der Waals surface area contributed by atoms with Gasteiger partial charge in [-0.05, 0) is 45.7 Å². The zero-order chi connectivity index (χ0) is 18.6. The third-order valence-electron chi connectivity index (χ3n) is 3.86. The minimum atomic E-state index is -0.761. The summed E-state index contributed by atoms with van der Waals surface area (Å²) < 4.78 is 31.6. The van der Waals surface area contributed by atoms with Gasteiger partial charge < -0.3 is 10.1 Å². The van der Waals surface area contributed by atoms with E-state index in [0.29, 0.717) is 25.9 Å². The Bertz CT molecular complexity index is 615. The predicted molar refractivity (Wildman–Crippen MR) is 89.5 cm³/mol. The highest BCUT2D eigenvalue weighted by molar-refractivity contribution is 5.97. The van der Waals surface area contributed by atoms with E-state index in [9.17, 15) is 18.4 Å². The number of nitrogens with zero attached hydrogens (tertiary/aromatic N) is 1. The minimum Gasteiger partial charge on any atom is -0.444 e. The van der Waals surface area contributed by atoms with Gasteiger partial charge in [0.1, 0.15) is 17.2 Å². The summed E-state index contributed by atoms with van der Waals surface area (Å²) >= 11 is 0. The van der Waals surface area contributed by atoms with Gasteiger partial charge >= 0.3 is 6.09 Å². The summed E-state index contributed by atoms with van der Waals surface area (Å²) in [6.45, 7) is 6.73. The number of alkyl carbamates (subject to hydrolysis) is 1. The molecule has 25 heavy (non-hydrogen) atoms. The number of Topliss-reactive ketones (excluding diaryl/α,β-unsaturated/α-hetero) is 1. The van der Waals surface area contributed by atoms with Crippen LogP contribution in [0.15, 0.2) is 18.2 Å². The second-order valence-electron chi connectivity index (χ2n) is 7.28. The maximum atomic E-state index is 13.2. The molecular weight excluding hydrogens is 330 g/mol. The Morgan fingerprint density at radius 2 is 1.72 bits per heavy atom. The topological polar surface area (TPSA) is 58.6 Å². The molecule has 1 amide bonds. The molecule has 138 valence electrons. The van der Waals surface area contributed by atoms with Crippen LogP contribution in [0, 0.1) is 11.6 Å². The number of halogens is 2. The molecular formula is C18H24F2N2O3. The zero-order valence-electron chi connectivity index (χ0n) is 14.8. The minimum absolute atomic E-state index is 0.00665. The van der Waals surface area contributed by atoms with Crippen LogP contribution in [0.1, 0.15) is 44.0 Å². The number of ether oxygens (including phenoxy) is 1. The van der Waals surface area contributed by atoms with Crippen LogP contribution in [0.3, 0.4) is 0 Å². The number of ketones is 1. The Labute approximate surface area is 146 Å². The summed E-state index contributed by atoms with van der Waals surface area (Å²) in [5.74, 6) is -1.84. The fourth-order valence-electron chi connectivity index (χ4n) is 2.72. The van der Waals surface area contributed by atoms with Crippen LogP contribution in [0.4, 0.5) is 13.6 Å². The third kappa shape index (κ3) is 6.42. The van der Waals surface area contributed by atoms with Crippen LogP contribution in [0.5, 0.6) is 0 Å². The highest BCUT2D eigenvalue weighted by Crippen LogP contribution is 2.14. The largest absolute Gasteiger partial charge is 0.444 e. The number of carbonyl (C=O) groups is 2. The lowest BCUT2D eigenvalue weighted by Crippen LogP contribution is -2.47. The molecule has 0 atom stereocenters. The number of benzene rings is 1. The molecule has 1 aromatic rings. The van der Waals surface area contributed by atoms with Gasteiger partial charge in [-0.3, -0.25) is 9.69 Å². The number of hydrogen-bond donors (Lipinski definition) is 1. The highest BCUT2D eigenvalue weighted by atomic mass is 19.1. The average molecular weight is 354 g/mol. The van der Waals surface area contributed by atoms with Crippen LogP contribution in [0.2, 0.25) is 0 Å². The van der Waals surface area contributed by atoms with Gasteiger partial charge in [-0.1, -0.05) is 0 Å². The fourth-order valence-corrected chi connectivity index (χ4v) is 2.72. The van der Waals surface area contributed by atoms with Gasteiger partial charge in [-0.25, -0.2) is 13.6 Å². The quantitative estimate of drug-likeness (QED) is 0.844. The van der Waals surface area contributed by atoms with Gasteiger partial charge in [0.05, 0.1) is 6.54 Å². The Morgan fingerprint density at radius 3 is 2.24 bits per heavy atom. The van der Waals surface area contributed by atoms with Crippen molar-refractivity contribution < 1.29 is 23.1 Å². The van der Waals surface area contributed by atoms with Crippen molar-refractivity contribution >= 4 is 11.9 Å². The third-order valence-corrected chi connectivity index (χ3v) is 3.86. The van der Waals surface area contributed by atoms with Crippen molar-refractivity contribution in [2.45, 2.75) is 45.3 Å². The van der Waals surface area contributed by atoms with Gasteiger partial charge in [0, 0.05) is 30.8 Å². The van der Waals surface area contributed by atoms with E-state index in [1.807, 2.05) is 4.90 Å². The first kappa shape index (κ1) is 19.3. The molecule has 1 aliphatic rings. The van der Waals surface area contributed by atoms with Crippen molar-refractivity contribution in [2.75, 3.05) is 19.6 Å². The van der Waals surface area contributed by atoms with E-state index in [1.54, 1.807) is 20.8 Å². The Kier molecular flexibility index (Phi) is 6.11. The van der Waals surface area contributed by atoms with Crippen molar-refractivity contribution in [2.24, 2.45) is 0 Å². The Hall–Kier alpha value is -2.02. The monoisotopic (exact) mass is 354 g/mol. The van der Waals surface area contributed by atoms with E-state index >= 15 is 0 Å². The average Bonchev–Trinajstić information content (AvgIpc) is 2.46. The van der Waals surface area contributed by atoms with Crippen LogP contribution in [-0.2, 0) is 4.74 Å². The summed E-state index contributed by atoms with van der Waals surface area (Å²) in [6, 6.07) is 2.82. The maximum Gasteiger partial charge on any atom is 0.407 e. The van der Waals surface area contributed by atoms with Crippen LogP contribution >= 0.6 is 0 Å². The standard InChI is InChI=1S/C18H24F2N2O3/c1-18(2,3)25-17(24)21-15-4-6-22(7-5-15)11-16(23)12-8-13(19)10-14(20)9-12/h8-10,15H,4-7,11H2,1-3H3,(H,21,24). The van der Waals surface area contributed by atoms with Crippen LogP contribution in [0.25, 0.3) is 0 Å². The number of rotatable bonds is 4. The van der Waals surface area contributed by atoms with Gasteiger partial charge in [-0.15, -0.1) is 0 Å². The summed E-state index contributed by atoms with van der Waals surface area (Å²) in [6.07, 6.45) is 0.922. The number of amides is 1. The summed E-state index contributed by atoms with van der Waals surface area (Å²) in [4.78, 5) is 25.8. The van der Waals surface area contributed by atoms with Gasteiger partial charge in [0.25, 0.3) is 0 Å². The number of hydrogen-bond acceptors (Lipinski definition) is 4. The smallest absolute Gasteiger partial charge is 0.407 e. The van der Waals surface area contributed by atoms with E-state index < -0.39 is 23.3 Å². The molecule has 0 aliphatic carbocycles. The number of piperidine rings is 1. The number of likely N-dealkylation sites (tertiary alicyclic amines) is 1. The molecule has 5 nitrogen and oxygen atoms in total. The van der Waals surface area contributed by atoms with Crippen molar-refractivity contribution in [1.29, 1.82) is 0 Å². The SMILES string of the molecule is CC(C)(C)OC(=O)NC1CCN(CC(=O)c2cc(F)cc(F)c2)CC1. The first-order valence-corrected chi connectivity index (χ1v) is 8.33. The molecule has 1 saturated heterocycles. The summed E-state index contributed by atoms with van der Waals surface area (Å²) in [5, 5.41) is 2.82. The van der Waals surface area contributed by atoms with E-state index in [-0.39, 0.29) is 23.9 Å². The van der Waals surface area contributed by atoms with E-state index in [0.717, 1.165) is 18.2 Å². The molecule has 0 bridgehead atoms. The molecule has 0 aromatic heterocycles. The predicted octanol–water partition coefficient (Wildman–Crippen LogP) is 3.14. The molecule has 2 rings (SSSR count). The Morgan fingerprint density at radius 1 is 1.16 bits per heavy atom. The van der Waals surface area contributed by atoms with Crippen molar-refractivity contribution in [3.8, 4) is 0 Å². The first-order chi connectivity index (χ1) is 11.6. The molecule has 0 unspecified atom stereocenters. The second kappa shape index (κ2) is 7.91. The van der Waals surface area contributed by atoms with Gasteiger partial charge in [0.15, 0.2) is 5.78 Å². The number of carbonyl (C=O) groups excluding carboxylic acids is 2. The van der Waals surface area contributed by atoms with Crippen molar-refractivity contribution in [3.05, 3.63) is 35.4 Å². The molecule has 1 aliphatic heterocycles. The molecule has 0 radical (unpaired) electrons. The second-order valence-corrected chi connectivity index (χ2v) is 7.28. The zero-order valence-corrected chi connectivity index (χ0v) is 14.8. The first-order valence-electron chi connectivity index (χ1n) is 8.33.